The van der Waals surface area contributed by atoms with Gasteiger partial charge in [-0.15, -0.1) is 0 Å². The van der Waals surface area contributed by atoms with Gasteiger partial charge in [-0.3, -0.25) is 9.52 Å². The van der Waals surface area contributed by atoms with Crippen molar-refractivity contribution in [1.29, 1.82) is 0 Å². The molecule has 0 bridgehead atoms. The van der Waals surface area contributed by atoms with Crippen LogP contribution in [0.4, 0.5) is 5.69 Å². The van der Waals surface area contributed by atoms with Gasteiger partial charge in [-0.25, -0.2) is 8.42 Å². The highest BCUT2D eigenvalue weighted by Gasteiger charge is 2.34. The van der Waals surface area contributed by atoms with E-state index >= 15 is 0 Å². The van der Waals surface area contributed by atoms with E-state index in [0.29, 0.717) is 23.9 Å². The minimum Gasteiger partial charge on any atom is -0.488 e. The van der Waals surface area contributed by atoms with E-state index in [0.717, 1.165) is 12.5 Å². The topological polar surface area (TPSA) is 99.2 Å². The summed E-state index contributed by atoms with van der Waals surface area (Å²) in [6, 6.07) is 10.2. The molecule has 4 rings (SSSR count). The van der Waals surface area contributed by atoms with E-state index in [1.165, 1.54) is 43.2 Å². The second-order valence-corrected chi connectivity index (χ2v) is 12.2. The van der Waals surface area contributed by atoms with Crippen molar-refractivity contribution in [3.05, 3.63) is 53.1 Å². The highest BCUT2D eigenvalue weighted by atomic mass is 35.5. The Labute approximate surface area is 218 Å². The minimum absolute atomic E-state index is 0.0286. The molecular weight excluding hydrogens is 502 g/mol. The number of anilines is 1. The second kappa shape index (κ2) is 11.0. The summed E-state index contributed by atoms with van der Waals surface area (Å²) < 4.78 is 34.7. The van der Waals surface area contributed by atoms with Crippen molar-refractivity contribution in [2.24, 2.45) is 11.8 Å². The lowest BCUT2D eigenvalue weighted by atomic mass is 9.99. The van der Waals surface area contributed by atoms with Gasteiger partial charge in [0, 0.05) is 36.3 Å². The number of carbonyl (C=O) groups is 1. The number of benzene rings is 2. The van der Waals surface area contributed by atoms with Crippen LogP contribution in [0.5, 0.6) is 5.75 Å². The summed E-state index contributed by atoms with van der Waals surface area (Å²) in [6.45, 7) is 5.82. The van der Waals surface area contributed by atoms with Crippen LogP contribution in [0.3, 0.4) is 0 Å². The Morgan fingerprint density at radius 2 is 1.89 bits per heavy atom. The van der Waals surface area contributed by atoms with Crippen LogP contribution in [0.15, 0.2) is 47.4 Å². The predicted octanol–water partition coefficient (Wildman–Crippen LogP) is 3.70. The number of amides is 1. The van der Waals surface area contributed by atoms with Crippen molar-refractivity contribution in [3.8, 4) is 5.75 Å². The van der Waals surface area contributed by atoms with Gasteiger partial charge in [-0.1, -0.05) is 18.5 Å². The lowest BCUT2D eigenvalue weighted by molar-refractivity contribution is 0.0344. The number of aliphatic hydroxyl groups excluding tert-OH is 1. The van der Waals surface area contributed by atoms with Crippen molar-refractivity contribution in [3.63, 3.8) is 0 Å². The maximum atomic E-state index is 13.6. The van der Waals surface area contributed by atoms with Crippen LogP contribution < -0.4 is 9.46 Å². The van der Waals surface area contributed by atoms with Crippen LogP contribution >= 0.6 is 11.6 Å². The number of aliphatic hydroxyl groups is 1. The predicted molar refractivity (Wildman–Crippen MR) is 140 cm³/mol. The molecule has 1 heterocycles. The SMILES string of the molecule is C[C@@H]1CN([C@@H](C)CO)C(=O)c2cc(NS(=O)(=O)c3ccc(Cl)cc3)ccc2O[C@@H]1CN(C)CC1CC1. The minimum atomic E-state index is -3.89. The van der Waals surface area contributed by atoms with Crippen LogP contribution in [0.1, 0.15) is 37.0 Å². The molecule has 8 nitrogen and oxygen atoms in total. The number of likely N-dealkylation sites (N-methyl/N-ethyl adjacent to an activating group) is 1. The monoisotopic (exact) mass is 535 g/mol. The number of nitrogens with zero attached hydrogens (tertiary/aromatic N) is 2. The normalized spacial score (nSPS) is 21.4. The van der Waals surface area contributed by atoms with Gasteiger partial charge in [-0.05, 0) is 75.2 Å². The third kappa shape index (κ3) is 6.32. The van der Waals surface area contributed by atoms with Crippen molar-refractivity contribution >= 4 is 33.2 Å². The highest BCUT2D eigenvalue weighted by Crippen LogP contribution is 2.33. The Morgan fingerprint density at radius 1 is 1.19 bits per heavy atom. The molecule has 2 N–H and O–H groups in total. The number of sulfonamides is 1. The van der Waals surface area contributed by atoms with Crippen molar-refractivity contribution in [2.75, 3.05) is 38.0 Å². The molecular formula is C26H34ClN3O5S. The van der Waals surface area contributed by atoms with Gasteiger partial charge in [0.1, 0.15) is 11.9 Å². The van der Waals surface area contributed by atoms with E-state index in [2.05, 4.69) is 23.6 Å². The molecule has 0 spiro atoms. The smallest absolute Gasteiger partial charge is 0.261 e. The van der Waals surface area contributed by atoms with E-state index in [-0.39, 0.29) is 40.7 Å². The molecule has 1 saturated carbocycles. The number of ether oxygens (including phenoxy) is 1. The fraction of sp³-hybridized carbons (Fsp3) is 0.500. The number of halogens is 1. The number of hydrogen-bond donors (Lipinski definition) is 2. The zero-order valence-corrected chi connectivity index (χ0v) is 22.4. The molecule has 1 aliphatic heterocycles. The third-order valence-electron chi connectivity index (χ3n) is 6.80. The van der Waals surface area contributed by atoms with Crippen molar-refractivity contribution in [2.45, 2.75) is 43.7 Å². The van der Waals surface area contributed by atoms with Gasteiger partial charge < -0.3 is 19.6 Å². The largest absolute Gasteiger partial charge is 0.488 e. The summed E-state index contributed by atoms with van der Waals surface area (Å²) in [5.41, 5.74) is 0.502. The molecule has 3 atom stereocenters. The van der Waals surface area contributed by atoms with E-state index < -0.39 is 16.1 Å². The molecule has 0 aromatic heterocycles. The molecule has 0 saturated heterocycles. The maximum absolute atomic E-state index is 13.6. The summed E-state index contributed by atoms with van der Waals surface area (Å²) >= 11 is 5.89. The van der Waals surface area contributed by atoms with Crippen molar-refractivity contribution < 1.29 is 23.1 Å². The van der Waals surface area contributed by atoms with Crippen LogP contribution in [0, 0.1) is 11.8 Å². The Hall–Kier alpha value is -2.33. The zero-order chi connectivity index (χ0) is 26.0. The maximum Gasteiger partial charge on any atom is 0.261 e. The molecule has 196 valence electrons. The molecule has 0 unspecified atom stereocenters. The summed E-state index contributed by atoms with van der Waals surface area (Å²) in [5, 5.41) is 10.3. The van der Waals surface area contributed by atoms with Crippen LogP contribution in [0.2, 0.25) is 5.02 Å². The average molecular weight is 536 g/mol. The Kier molecular flexibility index (Phi) is 8.14. The number of fused-ring (bicyclic) bond motifs is 1. The second-order valence-electron chi connectivity index (χ2n) is 10.1. The zero-order valence-electron chi connectivity index (χ0n) is 20.9. The van der Waals surface area contributed by atoms with Gasteiger partial charge >= 0.3 is 0 Å². The first-order valence-electron chi connectivity index (χ1n) is 12.3. The molecule has 2 aromatic rings. The molecule has 1 fully saturated rings. The van der Waals surface area contributed by atoms with Crippen molar-refractivity contribution in [1.82, 2.24) is 9.80 Å². The summed E-state index contributed by atoms with van der Waals surface area (Å²) in [5.74, 6) is 0.868. The first-order valence-corrected chi connectivity index (χ1v) is 14.1. The molecule has 2 aliphatic rings. The van der Waals surface area contributed by atoms with E-state index in [4.69, 9.17) is 16.3 Å². The molecule has 36 heavy (non-hydrogen) atoms. The number of carbonyl (C=O) groups excluding carboxylic acids is 1. The van der Waals surface area contributed by atoms with Crippen LogP contribution in [0.25, 0.3) is 0 Å². The first kappa shape index (κ1) is 26.7. The lowest BCUT2D eigenvalue weighted by Crippen LogP contribution is -2.50. The molecule has 1 aliphatic carbocycles. The fourth-order valence-corrected chi connectivity index (χ4v) is 5.63. The van der Waals surface area contributed by atoms with Gasteiger partial charge in [-0.2, -0.15) is 0 Å². The van der Waals surface area contributed by atoms with Gasteiger partial charge in [0.05, 0.1) is 23.1 Å². The molecule has 0 radical (unpaired) electrons. The molecule has 2 aromatic carbocycles. The number of rotatable bonds is 9. The fourth-order valence-electron chi connectivity index (χ4n) is 4.45. The Bertz CT molecular complexity index is 1190. The van der Waals surface area contributed by atoms with Gasteiger partial charge in [0.2, 0.25) is 0 Å². The van der Waals surface area contributed by atoms with Crippen LogP contribution in [-0.2, 0) is 10.0 Å². The Balaban J connectivity index is 1.64. The lowest BCUT2D eigenvalue weighted by Gasteiger charge is -2.38. The number of nitrogens with one attached hydrogen (secondary N) is 1. The van der Waals surface area contributed by atoms with Crippen LogP contribution in [-0.4, -0.2) is 74.7 Å². The molecule has 1 amide bonds. The summed E-state index contributed by atoms with van der Waals surface area (Å²) in [4.78, 5) is 17.6. The average Bonchev–Trinajstić information content (AvgIpc) is 3.65. The van der Waals surface area contributed by atoms with E-state index in [9.17, 15) is 18.3 Å². The van der Waals surface area contributed by atoms with Gasteiger partial charge in [0.15, 0.2) is 0 Å². The third-order valence-corrected chi connectivity index (χ3v) is 8.45. The summed E-state index contributed by atoms with van der Waals surface area (Å²) in [7, 11) is -1.80. The molecule has 10 heteroatoms. The summed E-state index contributed by atoms with van der Waals surface area (Å²) in [6.07, 6.45) is 2.35. The van der Waals surface area contributed by atoms with E-state index in [1.54, 1.807) is 24.0 Å². The van der Waals surface area contributed by atoms with E-state index in [1.807, 2.05) is 0 Å². The quantitative estimate of drug-likeness (QED) is 0.508. The standard InChI is InChI=1S/C26H34ClN3O5S/c1-17-13-30(18(2)16-31)26(32)23-12-21(28-36(33,34)22-9-6-20(27)7-10-22)8-11-24(23)35-25(17)15-29(3)14-19-4-5-19/h6-12,17-19,25,28,31H,4-5,13-16H2,1-3H3/t17-,18+,25-/m1/s1. The van der Waals surface area contributed by atoms with Gasteiger partial charge in [0.25, 0.3) is 15.9 Å². The Morgan fingerprint density at radius 3 is 2.53 bits per heavy atom. The highest BCUT2D eigenvalue weighted by molar-refractivity contribution is 7.92. The number of hydrogen-bond acceptors (Lipinski definition) is 6. The first-order chi connectivity index (χ1) is 17.1.